The Hall–Kier alpha value is -2.82. The molecule has 0 radical (unpaired) electrons. The first-order chi connectivity index (χ1) is 11.7. The summed E-state index contributed by atoms with van der Waals surface area (Å²) in [5.74, 6) is 0.412. The van der Waals surface area contributed by atoms with Gasteiger partial charge in [-0.1, -0.05) is 48.5 Å². The van der Waals surface area contributed by atoms with Crippen LogP contribution in [0.5, 0.6) is 5.75 Å². The fraction of sp³-hybridized carbons (Fsp3) is 0.263. The predicted molar refractivity (Wildman–Crippen MR) is 90.8 cm³/mol. The Balaban J connectivity index is 1.63. The van der Waals surface area contributed by atoms with Gasteiger partial charge >= 0.3 is 0 Å². The molecule has 1 heterocycles. The van der Waals surface area contributed by atoms with Gasteiger partial charge < -0.3 is 15.0 Å². The van der Waals surface area contributed by atoms with Crippen molar-refractivity contribution >= 4 is 11.8 Å². The summed E-state index contributed by atoms with van der Waals surface area (Å²) in [7, 11) is 0. The molecule has 5 heteroatoms. The van der Waals surface area contributed by atoms with E-state index in [1.165, 1.54) is 10.5 Å². The van der Waals surface area contributed by atoms with Crippen LogP contribution < -0.4 is 10.1 Å². The summed E-state index contributed by atoms with van der Waals surface area (Å²) in [5.41, 5.74) is 2.22. The van der Waals surface area contributed by atoms with Crippen LogP contribution in [0.2, 0.25) is 0 Å². The molecular formula is C19H20N2O3. The zero-order valence-electron chi connectivity index (χ0n) is 13.4. The van der Waals surface area contributed by atoms with Crippen LogP contribution in [-0.4, -0.2) is 43.0 Å². The van der Waals surface area contributed by atoms with Gasteiger partial charge in [-0.15, -0.1) is 0 Å². The van der Waals surface area contributed by atoms with Crippen LogP contribution in [0, 0.1) is 0 Å². The normalized spacial score (nSPS) is 14.2. The van der Waals surface area contributed by atoms with Crippen LogP contribution in [0.1, 0.15) is 11.1 Å². The molecule has 1 aliphatic rings. The van der Waals surface area contributed by atoms with E-state index in [1.807, 2.05) is 42.5 Å². The van der Waals surface area contributed by atoms with Gasteiger partial charge in [-0.3, -0.25) is 9.59 Å². The van der Waals surface area contributed by atoms with Crippen molar-refractivity contribution < 1.29 is 14.3 Å². The third kappa shape index (κ3) is 4.13. The lowest BCUT2D eigenvalue weighted by atomic mass is 10.0. The molecule has 0 aromatic heterocycles. The van der Waals surface area contributed by atoms with Gasteiger partial charge in [0, 0.05) is 19.5 Å². The summed E-state index contributed by atoms with van der Waals surface area (Å²) >= 11 is 0. The van der Waals surface area contributed by atoms with E-state index in [4.69, 9.17) is 4.74 Å². The molecule has 0 spiro atoms. The number of para-hydroxylation sites is 1. The summed E-state index contributed by atoms with van der Waals surface area (Å²) in [5, 5.41) is 2.70. The molecule has 0 saturated carbocycles. The van der Waals surface area contributed by atoms with E-state index >= 15 is 0 Å². The molecule has 24 heavy (non-hydrogen) atoms. The lowest BCUT2D eigenvalue weighted by molar-refractivity contribution is -0.139. The molecule has 2 aromatic rings. The molecule has 1 saturated heterocycles. The van der Waals surface area contributed by atoms with Crippen molar-refractivity contribution in [2.24, 2.45) is 0 Å². The van der Waals surface area contributed by atoms with E-state index < -0.39 is 0 Å². The topological polar surface area (TPSA) is 58.6 Å². The predicted octanol–water partition coefficient (Wildman–Crippen LogP) is 1.61. The Morgan fingerprint density at radius 3 is 2.62 bits per heavy atom. The second-order valence-electron chi connectivity index (χ2n) is 5.72. The zero-order valence-corrected chi connectivity index (χ0v) is 13.4. The number of carbonyl (C=O) groups excluding carboxylic acids is 2. The molecule has 0 aliphatic carbocycles. The third-order valence-corrected chi connectivity index (χ3v) is 3.95. The molecular weight excluding hydrogens is 304 g/mol. The molecule has 2 aromatic carbocycles. The second kappa shape index (κ2) is 7.64. The number of nitrogens with one attached hydrogen (secondary N) is 1. The third-order valence-electron chi connectivity index (χ3n) is 3.95. The quantitative estimate of drug-likeness (QED) is 0.909. The highest BCUT2D eigenvalue weighted by Crippen LogP contribution is 2.21. The Labute approximate surface area is 141 Å². The van der Waals surface area contributed by atoms with Crippen molar-refractivity contribution in [1.29, 1.82) is 0 Å². The molecule has 1 fully saturated rings. The summed E-state index contributed by atoms with van der Waals surface area (Å²) in [6.07, 6.45) is 0.747. The van der Waals surface area contributed by atoms with E-state index in [-0.39, 0.29) is 25.0 Å². The van der Waals surface area contributed by atoms with E-state index in [0.717, 1.165) is 12.0 Å². The Morgan fingerprint density at radius 1 is 1.08 bits per heavy atom. The second-order valence-corrected chi connectivity index (χ2v) is 5.72. The van der Waals surface area contributed by atoms with Crippen LogP contribution in [-0.2, 0) is 16.0 Å². The number of nitrogens with zero attached hydrogens (tertiary/aromatic N) is 1. The van der Waals surface area contributed by atoms with Crippen molar-refractivity contribution in [3.63, 3.8) is 0 Å². The lowest BCUT2D eigenvalue weighted by Gasteiger charge is -2.26. The van der Waals surface area contributed by atoms with E-state index in [9.17, 15) is 9.59 Å². The maximum atomic E-state index is 12.2. The molecule has 0 unspecified atom stereocenters. The van der Waals surface area contributed by atoms with Gasteiger partial charge in [-0.05, 0) is 17.2 Å². The first-order valence-electron chi connectivity index (χ1n) is 8.01. The molecule has 0 atom stereocenters. The number of rotatable bonds is 5. The largest absolute Gasteiger partial charge is 0.483 e. The lowest BCUT2D eigenvalue weighted by Crippen LogP contribution is -2.51. The van der Waals surface area contributed by atoms with Crippen molar-refractivity contribution in [1.82, 2.24) is 10.2 Å². The first kappa shape index (κ1) is 16.1. The fourth-order valence-corrected chi connectivity index (χ4v) is 2.69. The highest BCUT2D eigenvalue weighted by molar-refractivity contribution is 5.86. The van der Waals surface area contributed by atoms with Crippen LogP contribution >= 0.6 is 0 Å². The average Bonchev–Trinajstić information content (AvgIpc) is 2.61. The van der Waals surface area contributed by atoms with Crippen molar-refractivity contribution in [3.05, 3.63) is 65.7 Å². The standard InChI is InChI=1S/C19H20N2O3/c22-18-13-21(11-10-20-18)19(23)14-24-17-9-5-4-8-16(17)12-15-6-2-1-3-7-15/h1-9H,10-14H2,(H,20,22). The molecule has 124 valence electrons. The van der Waals surface area contributed by atoms with E-state index in [1.54, 1.807) is 0 Å². The average molecular weight is 324 g/mol. The number of benzene rings is 2. The SMILES string of the molecule is O=C1CN(C(=O)COc2ccccc2Cc2ccccc2)CCN1. The number of carbonyl (C=O) groups is 2. The molecule has 3 rings (SSSR count). The highest BCUT2D eigenvalue weighted by Gasteiger charge is 2.21. The van der Waals surface area contributed by atoms with Crippen molar-refractivity contribution in [3.8, 4) is 5.75 Å². The number of piperazine rings is 1. The summed E-state index contributed by atoms with van der Waals surface area (Å²) in [6, 6.07) is 17.8. The smallest absolute Gasteiger partial charge is 0.261 e. The maximum absolute atomic E-state index is 12.2. The van der Waals surface area contributed by atoms with Gasteiger partial charge in [-0.25, -0.2) is 0 Å². The number of hydrogen-bond donors (Lipinski definition) is 1. The number of amides is 2. The Kier molecular flexibility index (Phi) is 5.11. The number of ether oxygens (including phenoxy) is 1. The highest BCUT2D eigenvalue weighted by atomic mass is 16.5. The molecule has 0 bridgehead atoms. The Morgan fingerprint density at radius 2 is 1.83 bits per heavy atom. The van der Waals surface area contributed by atoms with E-state index in [2.05, 4.69) is 17.4 Å². The van der Waals surface area contributed by atoms with Gasteiger partial charge in [-0.2, -0.15) is 0 Å². The maximum Gasteiger partial charge on any atom is 0.261 e. The van der Waals surface area contributed by atoms with Gasteiger partial charge in [0.2, 0.25) is 5.91 Å². The minimum atomic E-state index is -0.167. The molecule has 5 nitrogen and oxygen atoms in total. The molecule has 2 amide bonds. The van der Waals surface area contributed by atoms with Crippen molar-refractivity contribution in [2.75, 3.05) is 26.2 Å². The molecule has 1 aliphatic heterocycles. The van der Waals surface area contributed by atoms with Gasteiger partial charge in [0.15, 0.2) is 6.61 Å². The number of hydrogen-bond acceptors (Lipinski definition) is 3. The van der Waals surface area contributed by atoms with E-state index in [0.29, 0.717) is 18.8 Å². The Bertz CT molecular complexity index is 716. The van der Waals surface area contributed by atoms with Crippen molar-refractivity contribution in [2.45, 2.75) is 6.42 Å². The first-order valence-corrected chi connectivity index (χ1v) is 8.01. The van der Waals surface area contributed by atoms with Gasteiger partial charge in [0.25, 0.3) is 5.91 Å². The minimum absolute atomic E-state index is 0.0565. The summed E-state index contributed by atoms with van der Waals surface area (Å²) in [4.78, 5) is 25.1. The monoisotopic (exact) mass is 324 g/mol. The fourth-order valence-electron chi connectivity index (χ4n) is 2.69. The van der Waals surface area contributed by atoms with Gasteiger partial charge in [0.1, 0.15) is 5.75 Å². The van der Waals surface area contributed by atoms with Crippen LogP contribution in [0.3, 0.4) is 0 Å². The summed E-state index contributed by atoms with van der Waals surface area (Å²) < 4.78 is 5.74. The molecule has 1 N–H and O–H groups in total. The van der Waals surface area contributed by atoms with Crippen LogP contribution in [0.4, 0.5) is 0 Å². The van der Waals surface area contributed by atoms with Crippen LogP contribution in [0.15, 0.2) is 54.6 Å². The van der Waals surface area contributed by atoms with Gasteiger partial charge in [0.05, 0.1) is 6.54 Å². The zero-order chi connectivity index (χ0) is 16.8. The minimum Gasteiger partial charge on any atom is -0.483 e. The summed E-state index contributed by atoms with van der Waals surface area (Å²) in [6.45, 7) is 1.07. The van der Waals surface area contributed by atoms with Crippen LogP contribution in [0.25, 0.3) is 0 Å².